The molecule has 1 aliphatic heterocycles. The number of terminal acetylenes is 1. The van der Waals surface area contributed by atoms with Gasteiger partial charge in [0.15, 0.2) is 0 Å². The number of rotatable bonds is 6. The normalized spacial score (nSPS) is 14.0. The number of aromatic nitrogens is 2. The lowest BCUT2D eigenvalue weighted by Gasteiger charge is -2.17. The molecule has 0 amide bonds. The van der Waals surface area contributed by atoms with Crippen molar-refractivity contribution >= 4 is 11.8 Å². The van der Waals surface area contributed by atoms with Gasteiger partial charge in [-0.25, -0.2) is 9.97 Å². The standard InChI is InChI=1S/C26H27N3S/c1-4-21-5-7-22(8-6-21)15-26-27-10-9-24(28-26)16-25-19(2)13-23(14-20(25)3)17-29-11-12-30-18-29/h1,5-10,13-14H,11-12,15-18H2,2-3H3. The molecule has 0 unspecified atom stereocenters. The molecule has 0 spiro atoms. The predicted octanol–water partition coefficient (Wildman–Crippen LogP) is 4.76. The van der Waals surface area contributed by atoms with Crippen LogP contribution in [0.2, 0.25) is 0 Å². The number of nitrogens with zero attached hydrogens (tertiary/aromatic N) is 3. The van der Waals surface area contributed by atoms with Crippen LogP contribution >= 0.6 is 11.8 Å². The third-order valence-electron chi connectivity index (χ3n) is 5.59. The minimum Gasteiger partial charge on any atom is -0.289 e. The van der Waals surface area contributed by atoms with Gasteiger partial charge in [0.1, 0.15) is 5.82 Å². The van der Waals surface area contributed by atoms with Gasteiger partial charge >= 0.3 is 0 Å². The summed E-state index contributed by atoms with van der Waals surface area (Å²) in [5.74, 6) is 5.90. The van der Waals surface area contributed by atoms with Crippen LogP contribution in [-0.2, 0) is 19.4 Å². The summed E-state index contributed by atoms with van der Waals surface area (Å²) in [6.07, 6.45) is 8.86. The van der Waals surface area contributed by atoms with Gasteiger partial charge < -0.3 is 0 Å². The van der Waals surface area contributed by atoms with Gasteiger partial charge in [0.05, 0.1) is 0 Å². The Morgan fingerprint density at radius 3 is 2.47 bits per heavy atom. The zero-order valence-corrected chi connectivity index (χ0v) is 18.5. The van der Waals surface area contributed by atoms with Crippen LogP contribution in [0.4, 0.5) is 0 Å². The van der Waals surface area contributed by atoms with Crippen LogP contribution in [0, 0.1) is 26.2 Å². The first-order chi connectivity index (χ1) is 14.6. The Morgan fingerprint density at radius 2 is 1.80 bits per heavy atom. The number of benzene rings is 2. The molecule has 0 aliphatic carbocycles. The molecule has 4 heteroatoms. The van der Waals surface area contributed by atoms with Crippen molar-refractivity contribution in [1.29, 1.82) is 0 Å². The molecule has 0 bridgehead atoms. The number of aryl methyl sites for hydroxylation is 2. The van der Waals surface area contributed by atoms with E-state index in [1.807, 2.05) is 36.2 Å². The summed E-state index contributed by atoms with van der Waals surface area (Å²) in [7, 11) is 0. The van der Waals surface area contributed by atoms with E-state index >= 15 is 0 Å². The van der Waals surface area contributed by atoms with Gasteiger partial charge in [-0.2, -0.15) is 0 Å². The highest BCUT2D eigenvalue weighted by molar-refractivity contribution is 7.99. The summed E-state index contributed by atoms with van der Waals surface area (Å²) in [5.41, 5.74) is 8.61. The summed E-state index contributed by atoms with van der Waals surface area (Å²) in [5, 5.41) is 0. The molecule has 0 saturated carbocycles. The molecule has 0 N–H and O–H groups in total. The maximum atomic E-state index is 5.44. The Bertz CT molecular complexity index is 1040. The minimum absolute atomic E-state index is 0.712. The second-order valence-corrected chi connectivity index (χ2v) is 9.03. The van der Waals surface area contributed by atoms with Crippen molar-refractivity contribution in [2.75, 3.05) is 18.2 Å². The third kappa shape index (κ3) is 5.11. The fourth-order valence-corrected chi connectivity index (χ4v) is 4.99. The fourth-order valence-electron chi connectivity index (χ4n) is 4.00. The summed E-state index contributed by atoms with van der Waals surface area (Å²) < 4.78 is 0. The third-order valence-corrected chi connectivity index (χ3v) is 6.61. The van der Waals surface area contributed by atoms with Crippen LogP contribution in [0.1, 0.15) is 44.9 Å². The van der Waals surface area contributed by atoms with Crippen molar-refractivity contribution in [2.24, 2.45) is 0 Å². The van der Waals surface area contributed by atoms with Crippen molar-refractivity contribution < 1.29 is 0 Å². The van der Waals surface area contributed by atoms with E-state index < -0.39 is 0 Å². The quantitative estimate of drug-likeness (QED) is 0.545. The summed E-state index contributed by atoms with van der Waals surface area (Å²) in [4.78, 5) is 11.8. The molecule has 2 heterocycles. The maximum absolute atomic E-state index is 5.44. The molecule has 3 aromatic rings. The molecule has 152 valence electrons. The molecule has 1 aromatic heterocycles. The highest BCUT2D eigenvalue weighted by Crippen LogP contribution is 2.23. The first-order valence-corrected chi connectivity index (χ1v) is 11.5. The van der Waals surface area contributed by atoms with E-state index in [1.165, 1.54) is 40.1 Å². The number of thioether (sulfide) groups is 1. The molecule has 2 aromatic carbocycles. The van der Waals surface area contributed by atoms with E-state index in [2.05, 4.69) is 53.9 Å². The Balaban J connectivity index is 1.48. The van der Waals surface area contributed by atoms with Crippen LogP contribution in [0.3, 0.4) is 0 Å². The molecule has 0 atom stereocenters. The smallest absolute Gasteiger partial charge is 0.132 e. The van der Waals surface area contributed by atoms with Crippen molar-refractivity contribution in [1.82, 2.24) is 14.9 Å². The second-order valence-electron chi connectivity index (χ2n) is 7.96. The molecule has 1 fully saturated rings. The average molecular weight is 414 g/mol. The van der Waals surface area contributed by atoms with Crippen molar-refractivity contribution in [3.05, 3.63) is 93.6 Å². The van der Waals surface area contributed by atoms with Crippen molar-refractivity contribution in [3.63, 3.8) is 0 Å². The molecule has 0 radical (unpaired) electrons. The van der Waals surface area contributed by atoms with Gasteiger partial charge in [-0.15, -0.1) is 18.2 Å². The minimum atomic E-state index is 0.712. The molecular formula is C26H27N3S. The first kappa shape index (κ1) is 20.7. The molecular weight excluding hydrogens is 386 g/mol. The van der Waals surface area contributed by atoms with Gasteiger partial charge in [0.2, 0.25) is 0 Å². The van der Waals surface area contributed by atoms with E-state index in [1.54, 1.807) is 0 Å². The lowest BCUT2D eigenvalue weighted by molar-refractivity contribution is 0.348. The van der Waals surface area contributed by atoms with E-state index in [4.69, 9.17) is 11.4 Å². The van der Waals surface area contributed by atoms with Crippen LogP contribution in [0.5, 0.6) is 0 Å². The van der Waals surface area contributed by atoms with Gasteiger partial charge in [-0.1, -0.05) is 30.2 Å². The fraction of sp³-hybridized carbons (Fsp3) is 0.308. The van der Waals surface area contributed by atoms with E-state index in [-0.39, 0.29) is 0 Å². The zero-order valence-electron chi connectivity index (χ0n) is 17.7. The van der Waals surface area contributed by atoms with E-state index in [9.17, 15) is 0 Å². The predicted molar refractivity (Wildman–Crippen MR) is 126 cm³/mol. The Labute approximate surface area is 184 Å². The van der Waals surface area contributed by atoms with Crippen LogP contribution in [0.25, 0.3) is 0 Å². The number of hydrogen-bond acceptors (Lipinski definition) is 4. The number of hydrogen-bond donors (Lipinski definition) is 0. The summed E-state index contributed by atoms with van der Waals surface area (Å²) in [6.45, 7) is 6.68. The largest absolute Gasteiger partial charge is 0.289 e. The zero-order chi connectivity index (χ0) is 20.9. The van der Waals surface area contributed by atoms with Gasteiger partial charge in [0.25, 0.3) is 0 Å². The van der Waals surface area contributed by atoms with Crippen LogP contribution in [-0.4, -0.2) is 33.0 Å². The summed E-state index contributed by atoms with van der Waals surface area (Å²) >= 11 is 2.02. The molecule has 4 rings (SSSR count). The van der Waals surface area contributed by atoms with Crippen molar-refractivity contribution in [2.45, 2.75) is 33.2 Å². The first-order valence-electron chi connectivity index (χ1n) is 10.4. The lowest BCUT2D eigenvalue weighted by atomic mass is 9.95. The second kappa shape index (κ2) is 9.47. The Kier molecular flexibility index (Phi) is 6.52. The lowest BCUT2D eigenvalue weighted by Crippen LogP contribution is -2.19. The monoisotopic (exact) mass is 413 g/mol. The summed E-state index contributed by atoms with van der Waals surface area (Å²) in [6, 6.07) is 14.8. The molecule has 1 saturated heterocycles. The van der Waals surface area contributed by atoms with Gasteiger partial charge in [0, 0.05) is 55.0 Å². The van der Waals surface area contributed by atoms with E-state index in [0.29, 0.717) is 6.42 Å². The van der Waals surface area contributed by atoms with E-state index in [0.717, 1.165) is 35.9 Å². The van der Waals surface area contributed by atoms with Crippen molar-refractivity contribution in [3.8, 4) is 12.3 Å². The molecule has 3 nitrogen and oxygen atoms in total. The topological polar surface area (TPSA) is 29.0 Å². The Morgan fingerprint density at radius 1 is 1.03 bits per heavy atom. The highest BCUT2D eigenvalue weighted by Gasteiger charge is 2.14. The Hall–Kier alpha value is -2.61. The van der Waals surface area contributed by atoms with Gasteiger partial charge in [-0.3, -0.25) is 4.90 Å². The van der Waals surface area contributed by atoms with Crippen LogP contribution < -0.4 is 0 Å². The molecule has 30 heavy (non-hydrogen) atoms. The average Bonchev–Trinajstić information content (AvgIpc) is 3.25. The maximum Gasteiger partial charge on any atom is 0.132 e. The highest BCUT2D eigenvalue weighted by atomic mass is 32.2. The van der Waals surface area contributed by atoms with Gasteiger partial charge in [-0.05, 0) is 59.9 Å². The molecule has 1 aliphatic rings. The van der Waals surface area contributed by atoms with Crippen LogP contribution in [0.15, 0.2) is 48.7 Å². The SMILES string of the molecule is C#Cc1ccc(Cc2nccc(Cc3c(C)cc(CN4CCSC4)cc3C)n2)cc1.